The molecule has 2 aliphatic rings. The molecule has 19 heavy (non-hydrogen) atoms. The summed E-state index contributed by atoms with van der Waals surface area (Å²) < 4.78 is 5.87. The number of hydrogen-bond acceptors (Lipinski definition) is 2. The minimum atomic E-state index is -0.252. The molecule has 0 bridgehead atoms. The Hall–Kier alpha value is -0.0800. The number of methoxy groups -OCH3 is 1. The first-order valence-electron chi connectivity index (χ1n) is 8.34. The summed E-state index contributed by atoms with van der Waals surface area (Å²) >= 11 is 0. The van der Waals surface area contributed by atoms with Crippen LogP contribution in [0.2, 0.25) is 0 Å². The predicted octanol–water partition coefficient (Wildman–Crippen LogP) is 4.16. The van der Waals surface area contributed by atoms with E-state index in [2.05, 4.69) is 13.8 Å². The van der Waals surface area contributed by atoms with Crippen molar-refractivity contribution in [1.29, 1.82) is 0 Å². The summed E-state index contributed by atoms with van der Waals surface area (Å²) in [5.74, 6) is 2.05. The fourth-order valence-corrected chi connectivity index (χ4v) is 4.46. The molecular weight excluding hydrogens is 236 g/mol. The third-order valence-corrected chi connectivity index (χ3v) is 5.85. The van der Waals surface area contributed by atoms with E-state index >= 15 is 0 Å². The Morgan fingerprint density at radius 3 is 2.42 bits per heavy atom. The monoisotopic (exact) mass is 268 g/mol. The van der Waals surface area contributed by atoms with Gasteiger partial charge in [0.25, 0.3) is 0 Å². The van der Waals surface area contributed by atoms with Gasteiger partial charge >= 0.3 is 0 Å². The van der Waals surface area contributed by atoms with E-state index < -0.39 is 0 Å². The van der Waals surface area contributed by atoms with Crippen LogP contribution in [0, 0.1) is 17.8 Å². The van der Waals surface area contributed by atoms with Crippen molar-refractivity contribution in [2.75, 3.05) is 7.11 Å². The van der Waals surface area contributed by atoms with E-state index in [1.807, 2.05) is 0 Å². The van der Waals surface area contributed by atoms with Gasteiger partial charge in [-0.25, -0.2) is 0 Å². The van der Waals surface area contributed by atoms with Crippen LogP contribution in [-0.2, 0) is 4.74 Å². The maximum absolute atomic E-state index is 10.9. The zero-order valence-electron chi connectivity index (χ0n) is 13.0. The molecule has 0 amide bonds. The highest BCUT2D eigenvalue weighted by atomic mass is 16.5. The normalized spacial score (nSPS) is 42.0. The molecular formula is C17H32O2. The van der Waals surface area contributed by atoms with Gasteiger partial charge in [0.2, 0.25) is 0 Å². The van der Waals surface area contributed by atoms with E-state index in [0.29, 0.717) is 11.8 Å². The molecule has 0 spiro atoms. The van der Waals surface area contributed by atoms with E-state index in [-0.39, 0.29) is 11.7 Å². The van der Waals surface area contributed by atoms with Gasteiger partial charge in [0.1, 0.15) is 0 Å². The smallest absolute Gasteiger partial charge is 0.0941 e. The molecule has 2 saturated carbocycles. The Balaban J connectivity index is 1.98. The first kappa shape index (κ1) is 15.3. The van der Waals surface area contributed by atoms with Crippen LogP contribution >= 0.6 is 0 Å². The molecule has 1 N–H and O–H groups in total. The minimum Gasteiger partial charge on any atom is -0.390 e. The quantitative estimate of drug-likeness (QED) is 0.829. The summed E-state index contributed by atoms with van der Waals surface area (Å²) in [5.41, 5.74) is -0.249. The first-order chi connectivity index (χ1) is 9.11. The van der Waals surface area contributed by atoms with Gasteiger partial charge < -0.3 is 9.84 Å². The summed E-state index contributed by atoms with van der Waals surface area (Å²) in [6, 6.07) is 0. The Morgan fingerprint density at radius 2 is 1.89 bits per heavy atom. The van der Waals surface area contributed by atoms with E-state index in [9.17, 15) is 5.11 Å². The van der Waals surface area contributed by atoms with Gasteiger partial charge in [0.05, 0.1) is 11.7 Å². The second-order valence-electron chi connectivity index (χ2n) is 7.10. The summed E-state index contributed by atoms with van der Waals surface area (Å²) in [7, 11) is 1.80. The highest BCUT2D eigenvalue weighted by molar-refractivity contribution is 4.96. The second kappa shape index (κ2) is 6.58. The zero-order valence-corrected chi connectivity index (χ0v) is 13.0. The lowest BCUT2D eigenvalue weighted by atomic mass is 9.68. The molecule has 2 nitrogen and oxygen atoms in total. The molecule has 0 aliphatic heterocycles. The lowest BCUT2D eigenvalue weighted by Gasteiger charge is -2.46. The molecule has 0 heterocycles. The van der Waals surface area contributed by atoms with Crippen molar-refractivity contribution in [2.24, 2.45) is 17.8 Å². The molecule has 3 unspecified atom stereocenters. The molecule has 0 radical (unpaired) electrons. The van der Waals surface area contributed by atoms with E-state index in [1.165, 1.54) is 44.9 Å². The Bertz CT molecular complexity index is 270. The molecule has 0 saturated heterocycles. The van der Waals surface area contributed by atoms with Crippen molar-refractivity contribution in [1.82, 2.24) is 0 Å². The molecule has 0 aromatic carbocycles. The second-order valence-corrected chi connectivity index (χ2v) is 7.10. The summed E-state index contributed by atoms with van der Waals surface area (Å²) in [6.07, 6.45) is 10.6. The first-order valence-corrected chi connectivity index (χ1v) is 8.34. The number of aliphatic hydroxyl groups is 1. The van der Waals surface area contributed by atoms with E-state index in [0.717, 1.165) is 18.8 Å². The number of aliphatic hydroxyl groups excluding tert-OH is 1. The highest BCUT2D eigenvalue weighted by Gasteiger charge is 2.45. The van der Waals surface area contributed by atoms with Crippen molar-refractivity contribution in [2.45, 2.75) is 83.3 Å². The molecule has 2 aliphatic carbocycles. The van der Waals surface area contributed by atoms with Crippen molar-refractivity contribution >= 4 is 0 Å². The summed E-state index contributed by atoms with van der Waals surface area (Å²) in [5, 5.41) is 10.9. The van der Waals surface area contributed by atoms with Crippen LogP contribution in [0.15, 0.2) is 0 Å². The Kier molecular flexibility index (Phi) is 5.30. The van der Waals surface area contributed by atoms with Crippen molar-refractivity contribution in [3.05, 3.63) is 0 Å². The number of hydrogen-bond donors (Lipinski definition) is 1. The Morgan fingerprint density at radius 1 is 1.21 bits per heavy atom. The van der Waals surface area contributed by atoms with Crippen LogP contribution in [0.5, 0.6) is 0 Å². The SMILES string of the molecule is CCC1CCC(C(O)C2(OC)CCCC(C)C2)CC1. The maximum atomic E-state index is 10.9. The van der Waals surface area contributed by atoms with Crippen LogP contribution in [0.3, 0.4) is 0 Å². The molecule has 2 fully saturated rings. The van der Waals surface area contributed by atoms with Gasteiger partial charge in [-0.05, 0) is 43.4 Å². The third-order valence-electron chi connectivity index (χ3n) is 5.85. The van der Waals surface area contributed by atoms with Gasteiger partial charge in [-0.15, -0.1) is 0 Å². The van der Waals surface area contributed by atoms with Crippen molar-refractivity contribution in [3.63, 3.8) is 0 Å². The highest BCUT2D eigenvalue weighted by Crippen LogP contribution is 2.43. The average Bonchev–Trinajstić information content (AvgIpc) is 2.46. The number of rotatable bonds is 4. The fraction of sp³-hybridized carbons (Fsp3) is 1.00. The van der Waals surface area contributed by atoms with Gasteiger partial charge in [-0.2, -0.15) is 0 Å². The lowest BCUT2D eigenvalue weighted by Crippen LogP contribution is -2.51. The summed E-state index contributed by atoms with van der Waals surface area (Å²) in [4.78, 5) is 0. The molecule has 0 aromatic rings. The van der Waals surface area contributed by atoms with Gasteiger partial charge in [-0.3, -0.25) is 0 Å². The van der Waals surface area contributed by atoms with Crippen molar-refractivity contribution in [3.8, 4) is 0 Å². The molecule has 2 heteroatoms. The van der Waals surface area contributed by atoms with Crippen LogP contribution in [0.4, 0.5) is 0 Å². The topological polar surface area (TPSA) is 29.5 Å². The van der Waals surface area contributed by atoms with Crippen LogP contribution < -0.4 is 0 Å². The van der Waals surface area contributed by atoms with Gasteiger partial charge in [0, 0.05) is 7.11 Å². The van der Waals surface area contributed by atoms with Crippen LogP contribution in [0.1, 0.15) is 71.6 Å². The average molecular weight is 268 g/mol. The van der Waals surface area contributed by atoms with Crippen LogP contribution in [-0.4, -0.2) is 23.9 Å². The molecule has 2 rings (SSSR count). The predicted molar refractivity (Wildman–Crippen MR) is 79.1 cm³/mol. The zero-order chi connectivity index (χ0) is 13.9. The number of ether oxygens (including phenoxy) is 1. The molecule has 112 valence electrons. The largest absolute Gasteiger partial charge is 0.390 e. The molecule has 0 aromatic heterocycles. The minimum absolute atomic E-state index is 0.249. The maximum Gasteiger partial charge on any atom is 0.0941 e. The standard InChI is InChI=1S/C17H32O2/c1-4-14-7-9-15(10-8-14)16(18)17(19-3)11-5-6-13(2)12-17/h13-16,18H,4-12H2,1-3H3. The third kappa shape index (κ3) is 3.33. The Labute approximate surface area is 118 Å². The van der Waals surface area contributed by atoms with Gasteiger partial charge in [0.15, 0.2) is 0 Å². The lowest BCUT2D eigenvalue weighted by molar-refractivity contribution is -0.155. The molecule has 3 atom stereocenters. The van der Waals surface area contributed by atoms with Crippen molar-refractivity contribution < 1.29 is 9.84 Å². The summed E-state index contributed by atoms with van der Waals surface area (Å²) in [6.45, 7) is 4.59. The van der Waals surface area contributed by atoms with E-state index in [4.69, 9.17) is 4.74 Å². The van der Waals surface area contributed by atoms with Crippen LogP contribution in [0.25, 0.3) is 0 Å². The van der Waals surface area contributed by atoms with Gasteiger partial charge in [-0.1, -0.05) is 46.0 Å². The van der Waals surface area contributed by atoms with E-state index in [1.54, 1.807) is 7.11 Å². The fourth-order valence-electron chi connectivity index (χ4n) is 4.46.